The lowest BCUT2D eigenvalue weighted by atomic mass is 10.2. The Kier molecular flexibility index (Phi) is 3.11. The van der Waals surface area contributed by atoms with Crippen LogP contribution in [0.4, 0.5) is 5.69 Å². The van der Waals surface area contributed by atoms with Gasteiger partial charge in [0.05, 0.1) is 4.91 Å². The van der Waals surface area contributed by atoms with Gasteiger partial charge in [0.2, 0.25) is 0 Å². The van der Waals surface area contributed by atoms with Crippen molar-refractivity contribution in [3.63, 3.8) is 0 Å². The van der Waals surface area contributed by atoms with Crippen molar-refractivity contribution < 1.29 is 8.42 Å². The van der Waals surface area contributed by atoms with Crippen LogP contribution >= 0.6 is 15.9 Å². The lowest BCUT2D eigenvalue weighted by Gasteiger charge is -2.01. The van der Waals surface area contributed by atoms with Crippen molar-refractivity contribution in [2.45, 2.75) is 0 Å². The summed E-state index contributed by atoms with van der Waals surface area (Å²) < 4.78 is 21.8. The molecule has 5 heteroatoms. The second-order valence-electron chi connectivity index (χ2n) is 2.44. The zero-order chi connectivity index (χ0) is 10.0. The molecular weight excluding hydrogens is 254 g/mol. The molecule has 0 saturated heterocycles. The third-order valence-corrected chi connectivity index (χ3v) is 2.94. The van der Waals surface area contributed by atoms with Gasteiger partial charge in [0.25, 0.3) is 0 Å². The van der Waals surface area contributed by atoms with Crippen LogP contribution in [0.2, 0.25) is 0 Å². The first-order valence-corrected chi connectivity index (χ1v) is 5.38. The smallest absolute Gasteiger partial charge is 0.168 e. The van der Waals surface area contributed by atoms with Gasteiger partial charge in [0.15, 0.2) is 10.7 Å². The molecular formula is C8H8BrNO2S. The van der Waals surface area contributed by atoms with E-state index in [1.54, 1.807) is 18.2 Å². The number of nitrogens with two attached hydrogens (primary N) is 1. The van der Waals surface area contributed by atoms with Crippen LogP contribution in [-0.4, -0.2) is 8.42 Å². The van der Waals surface area contributed by atoms with Crippen LogP contribution in [0.15, 0.2) is 29.3 Å². The Morgan fingerprint density at radius 3 is 2.54 bits per heavy atom. The fourth-order valence-corrected chi connectivity index (χ4v) is 1.54. The van der Waals surface area contributed by atoms with Crippen molar-refractivity contribution in [3.8, 4) is 0 Å². The number of nitrogen functional groups attached to an aromatic ring is 1. The number of rotatable bonds is 2. The first-order chi connectivity index (χ1) is 6.02. The molecule has 0 aliphatic carbocycles. The molecule has 1 rings (SSSR count). The summed E-state index contributed by atoms with van der Waals surface area (Å²) in [6, 6.07) is 4.87. The molecule has 0 aliphatic heterocycles. The SMILES string of the molecule is C=C(c1ccc(N)c(Br)c1)[SH](=O)=O. The van der Waals surface area contributed by atoms with E-state index in [0.29, 0.717) is 15.7 Å². The van der Waals surface area contributed by atoms with E-state index in [-0.39, 0.29) is 4.91 Å². The summed E-state index contributed by atoms with van der Waals surface area (Å²) >= 11 is 3.20. The lowest BCUT2D eigenvalue weighted by molar-refractivity contribution is 0.623. The molecule has 13 heavy (non-hydrogen) atoms. The Morgan fingerprint density at radius 1 is 1.46 bits per heavy atom. The summed E-state index contributed by atoms with van der Waals surface area (Å²) in [4.78, 5) is 0.0932. The molecule has 2 N–H and O–H groups in total. The first-order valence-electron chi connectivity index (χ1n) is 3.41. The molecule has 0 saturated carbocycles. The molecule has 0 amide bonds. The molecule has 0 aromatic heterocycles. The molecule has 0 bridgehead atoms. The topological polar surface area (TPSA) is 60.2 Å². The van der Waals surface area contributed by atoms with E-state index in [4.69, 9.17) is 5.73 Å². The summed E-state index contributed by atoms with van der Waals surface area (Å²) in [5.74, 6) is 0. The van der Waals surface area contributed by atoms with Crippen LogP contribution in [0.3, 0.4) is 0 Å². The van der Waals surface area contributed by atoms with Crippen molar-refractivity contribution in [1.29, 1.82) is 0 Å². The highest BCUT2D eigenvalue weighted by Crippen LogP contribution is 2.24. The van der Waals surface area contributed by atoms with Crippen LogP contribution in [0.25, 0.3) is 4.91 Å². The molecule has 0 fully saturated rings. The maximum Gasteiger partial charge on any atom is 0.168 e. The summed E-state index contributed by atoms with van der Waals surface area (Å²) in [5.41, 5.74) is 6.66. The lowest BCUT2D eigenvalue weighted by Crippen LogP contribution is -1.89. The second-order valence-corrected chi connectivity index (χ2v) is 4.35. The van der Waals surface area contributed by atoms with Gasteiger partial charge < -0.3 is 5.73 Å². The number of thiol groups is 1. The Hall–Kier alpha value is -0.810. The third-order valence-electron chi connectivity index (χ3n) is 1.55. The van der Waals surface area contributed by atoms with Gasteiger partial charge in [-0.2, -0.15) is 0 Å². The molecule has 0 spiro atoms. The van der Waals surface area contributed by atoms with Gasteiger partial charge in [-0.3, -0.25) is 0 Å². The van der Waals surface area contributed by atoms with Gasteiger partial charge in [-0.1, -0.05) is 12.6 Å². The Labute approximate surface area is 86.3 Å². The number of hydrogen-bond acceptors (Lipinski definition) is 3. The molecule has 1 aromatic carbocycles. The summed E-state index contributed by atoms with van der Waals surface area (Å²) in [6.45, 7) is 3.44. The molecule has 0 radical (unpaired) electrons. The highest BCUT2D eigenvalue weighted by molar-refractivity contribution is 9.10. The van der Waals surface area contributed by atoms with E-state index in [0.717, 1.165) is 0 Å². The van der Waals surface area contributed by atoms with Crippen LogP contribution in [0.1, 0.15) is 5.56 Å². The van der Waals surface area contributed by atoms with E-state index in [2.05, 4.69) is 22.5 Å². The molecule has 0 heterocycles. The van der Waals surface area contributed by atoms with E-state index < -0.39 is 10.7 Å². The predicted octanol–water partition coefficient (Wildman–Crippen LogP) is 1.61. The number of halogens is 1. The molecule has 3 nitrogen and oxygen atoms in total. The predicted molar refractivity (Wildman–Crippen MR) is 57.9 cm³/mol. The minimum Gasteiger partial charge on any atom is -0.398 e. The molecule has 0 aliphatic rings. The van der Waals surface area contributed by atoms with Crippen molar-refractivity contribution in [1.82, 2.24) is 0 Å². The van der Waals surface area contributed by atoms with E-state index in [1.165, 1.54) is 0 Å². The van der Waals surface area contributed by atoms with Crippen molar-refractivity contribution in [2.75, 3.05) is 5.73 Å². The fraction of sp³-hybridized carbons (Fsp3) is 0. The highest BCUT2D eigenvalue weighted by atomic mass is 79.9. The van der Waals surface area contributed by atoms with Crippen LogP contribution < -0.4 is 5.73 Å². The van der Waals surface area contributed by atoms with Gasteiger partial charge in [0.1, 0.15) is 0 Å². The summed E-state index contributed by atoms with van der Waals surface area (Å²) in [7, 11) is -2.62. The fourth-order valence-electron chi connectivity index (χ4n) is 0.812. The standard InChI is InChI=1S/C8H8BrNO2S/c1-5(13(11)12)6-2-3-8(10)7(9)4-6/h2-4,13H,1,10H2. The Balaban J connectivity index is 3.18. The highest BCUT2D eigenvalue weighted by Gasteiger charge is 2.03. The number of anilines is 1. The number of hydrogen-bond donors (Lipinski definition) is 2. The normalized spacial score (nSPS) is 10.3. The minimum absolute atomic E-state index is 0.0932. The van der Waals surface area contributed by atoms with Crippen molar-refractivity contribution in [3.05, 3.63) is 34.8 Å². The van der Waals surface area contributed by atoms with Crippen molar-refractivity contribution in [2.24, 2.45) is 0 Å². The largest absolute Gasteiger partial charge is 0.398 e. The monoisotopic (exact) mass is 261 g/mol. The Bertz CT molecular complexity index is 418. The quantitative estimate of drug-likeness (QED) is 0.628. The van der Waals surface area contributed by atoms with Crippen LogP contribution in [0.5, 0.6) is 0 Å². The molecule has 0 unspecified atom stereocenters. The van der Waals surface area contributed by atoms with Gasteiger partial charge >= 0.3 is 0 Å². The Morgan fingerprint density at radius 2 is 2.08 bits per heavy atom. The third kappa shape index (κ3) is 2.32. The average Bonchev–Trinajstić information content (AvgIpc) is 2.08. The zero-order valence-electron chi connectivity index (χ0n) is 6.66. The molecule has 70 valence electrons. The summed E-state index contributed by atoms with van der Waals surface area (Å²) in [6.07, 6.45) is 0. The van der Waals surface area contributed by atoms with Gasteiger partial charge in [0, 0.05) is 10.2 Å². The zero-order valence-corrected chi connectivity index (χ0v) is 9.14. The van der Waals surface area contributed by atoms with Gasteiger partial charge in [-0.15, -0.1) is 0 Å². The van der Waals surface area contributed by atoms with Crippen LogP contribution in [0, 0.1) is 0 Å². The van der Waals surface area contributed by atoms with Gasteiger partial charge in [-0.25, -0.2) is 8.42 Å². The van der Waals surface area contributed by atoms with E-state index in [1.807, 2.05) is 0 Å². The van der Waals surface area contributed by atoms with E-state index in [9.17, 15) is 8.42 Å². The summed E-state index contributed by atoms with van der Waals surface area (Å²) in [5, 5.41) is 0. The molecule has 1 aromatic rings. The van der Waals surface area contributed by atoms with Gasteiger partial charge in [-0.05, 0) is 33.6 Å². The maximum absolute atomic E-state index is 10.6. The van der Waals surface area contributed by atoms with Crippen molar-refractivity contribution >= 4 is 37.2 Å². The molecule has 0 atom stereocenters. The second kappa shape index (κ2) is 3.93. The minimum atomic E-state index is -2.62. The van der Waals surface area contributed by atoms with E-state index >= 15 is 0 Å². The average molecular weight is 262 g/mol. The first kappa shape index (κ1) is 10.3. The number of benzene rings is 1. The van der Waals surface area contributed by atoms with Crippen LogP contribution in [-0.2, 0) is 10.7 Å². The maximum atomic E-state index is 10.6.